The number of hydrogen-bond donors (Lipinski definition) is 1. The lowest BCUT2D eigenvalue weighted by Crippen LogP contribution is -2.45. The second-order valence-electron chi connectivity index (χ2n) is 8.60. The number of tetrazole rings is 1. The minimum Gasteiger partial charge on any atom is -0.335 e. The number of nitrogens with zero attached hydrogens (tertiary/aromatic N) is 6. The predicted molar refractivity (Wildman–Crippen MR) is 122 cm³/mol. The molecular formula is C24H27N7O. The third-order valence-corrected chi connectivity index (χ3v) is 6.24. The highest BCUT2D eigenvalue weighted by atomic mass is 16.2. The molecule has 0 atom stereocenters. The van der Waals surface area contributed by atoms with E-state index < -0.39 is 0 Å². The van der Waals surface area contributed by atoms with Crippen molar-refractivity contribution in [1.82, 2.24) is 35.2 Å². The van der Waals surface area contributed by atoms with Crippen molar-refractivity contribution < 1.29 is 4.79 Å². The van der Waals surface area contributed by atoms with Crippen LogP contribution in [0.15, 0.2) is 48.8 Å². The maximum atomic E-state index is 13.3. The van der Waals surface area contributed by atoms with Gasteiger partial charge in [0.05, 0.1) is 12.1 Å². The van der Waals surface area contributed by atoms with Gasteiger partial charge in [-0.1, -0.05) is 43.5 Å². The van der Waals surface area contributed by atoms with Crippen LogP contribution in [0, 0.1) is 6.92 Å². The lowest BCUT2D eigenvalue weighted by Gasteiger charge is -2.28. The van der Waals surface area contributed by atoms with Gasteiger partial charge in [0, 0.05) is 35.9 Å². The van der Waals surface area contributed by atoms with Gasteiger partial charge in [-0.3, -0.25) is 4.98 Å². The summed E-state index contributed by atoms with van der Waals surface area (Å²) in [7, 11) is 0. The zero-order valence-corrected chi connectivity index (χ0v) is 18.2. The number of hydrogen-bond acceptors (Lipinski definition) is 5. The second-order valence-corrected chi connectivity index (χ2v) is 8.60. The number of aromatic nitrogens is 5. The number of para-hydroxylation sites is 1. The van der Waals surface area contributed by atoms with Gasteiger partial charge in [0.15, 0.2) is 5.65 Å². The van der Waals surface area contributed by atoms with Gasteiger partial charge >= 0.3 is 6.03 Å². The van der Waals surface area contributed by atoms with Crippen LogP contribution in [0.1, 0.15) is 48.8 Å². The van der Waals surface area contributed by atoms with E-state index in [1.807, 2.05) is 23.1 Å². The Kier molecular flexibility index (Phi) is 5.66. The quantitative estimate of drug-likeness (QED) is 0.518. The van der Waals surface area contributed by atoms with Crippen molar-refractivity contribution in [3.05, 3.63) is 65.5 Å². The van der Waals surface area contributed by atoms with Crippen molar-refractivity contribution in [2.24, 2.45) is 0 Å². The SMILES string of the molecule is Cc1cccc2cc(CN(Cc3cccnc3)C(=O)NC3CCCCC3)c3nnnn3c12. The van der Waals surface area contributed by atoms with Gasteiger partial charge in [0.25, 0.3) is 0 Å². The normalized spacial score (nSPS) is 14.7. The first-order valence-corrected chi connectivity index (χ1v) is 11.2. The van der Waals surface area contributed by atoms with Gasteiger partial charge in [0.1, 0.15) is 0 Å². The molecule has 4 aromatic rings. The lowest BCUT2D eigenvalue weighted by molar-refractivity contribution is 0.184. The van der Waals surface area contributed by atoms with Gasteiger partial charge < -0.3 is 10.2 Å². The second kappa shape index (κ2) is 8.90. The third kappa shape index (κ3) is 4.12. The summed E-state index contributed by atoms with van der Waals surface area (Å²) in [5, 5.41) is 16.7. The number of nitrogens with one attached hydrogen (secondary N) is 1. The number of benzene rings is 1. The number of carbonyl (C=O) groups is 1. The monoisotopic (exact) mass is 429 g/mol. The summed E-state index contributed by atoms with van der Waals surface area (Å²) in [5.74, 6) is 0. The smallest absolute Gasteiger partial charge is 0.318 e. The number of carbonyl (C=O) groups excluding carboxylic acids is 1. The fraction of sp³-hybridized carbons (Fsp3) is 0.375. The van der Waals surface area contributed by atoms with Crippen LogP contribution in [0.25, 0.3) is 16.6 Å². The molecule has 8 nitrogen and oxygen atoms in total. The van der Waals surface area contributed by atoms with E-state index >= 15 is 0 Å². The Morgan fingerprint density at radius 3 is 2.84 bits per heavy atom. The molecule has 1 fully saturated rings. The van der Waals surface area contributed by atoms with Crippen LogP contribution < -0.4 is 5.32 Å². The Balaban J connectivity index is 1.49. The average Bonchev–Trinajstić information content (AvgIpc) is 3.30. The maximum absolute atomic E-state index is 13.3. The van der Waals surface area contributed by atoms with Crippen LogP contribution in [-0.2, 0) is 13.1 Å². The molecule has 1 N–H and O–H groups in total. The van der Waals surface area contributed by atoms with Gasteiger partial charge in [0.2, 0.25) is 0 Å². The number of pyridine rings is 2. The molecule has 5 rings (SSSR count). The Labute approximate surface area is 186 Å². The fourth-order valence-electron chi connectivity index (χ4n) is 4.62. The molecule has 8 heteroatoms. The minimum absolute atomic E-state index is 0.0595. The zero-order valence-electron chi connectivity index (χ0n) is 18.2. The van der Waals surface area contributed by atoms with Crippen molar-refractivity contribution >= 4 is 22.6 Å². The number of aryl methyl sites for hydroxylation is 1. The van der Waals surface area contributed by atoms with Gasteiger partial charge in [-0.15, -0.1) is 5.10 Å². The van der Waals surface area contributed by atoms with E-state index in [2.05, 4.69) is 50.9 Å². The standard InChI is InChI=1S/C24H27N7O/c1-17-7-5-9-19-13-20(23-27-28-29-31(23)22(17)19)16-30(15-18-8-6-12-25-14-18)24(32)26-21-10-3-2-4-11-21/h5-9,12-14,21H,2-4,10-11,15-16H2,1H3,(H,26,32). The summed E-state index contributed by atoms with van der Waals surface area (Å²) in [4.78, 5) is 19.4. The third-order valence-electron chi connectivity index (χ3n) is 6.24. The van der Waals surface area contributed by atoms with E-state index in [-0.39, 0.29) is 12.1 Å². The first-order chi connectivity index (χ1) is 15.7. The molecule has 1 aliphatic carbocycles. The lowest BCUT2D eigenvalue weighted by atomic mass is 9.96. The first-order valence-electron chi connectivity index (χ1n) is 11.2. The largest absolute Gasteiger partial charge is 0.335 e. The van der Waals surface area contributed by atoms with Crippen LogP contribution in [-0.4, -0.2) is 42.0 Å². The fourth-order valence-corrected chi connectivity index (χ4v) is 4.62. The zero-order chi connectivity index (χ0) is 21.9. The van der Waals surface area contributed by atoms with Crippen LogP contribution in [0.3, 0.4) is 0 Å². The molecule has 164 valence electrons. The highest BCUT2D eigenvalue weighted by Gasteiger charge is 2.22. The molecule has 32 heavy (non-hydrogen) atoms. The Morgan fingerprint density at radius 2 is 2.03 bits per heavy atom. The van der Waals surface area contributed by atoms with Gasteiger partial charge in [-0.2, -0.15) is 4.52 Å². The number of amides is 2. The number of rotatable bonds is 5. The van der Waals surface area contributed by atoms with E-state index in [1.54, 1.807) is 16.9 Å². The molecule has 3 aromatic heterocycles. The van der Waals surface area contributed by atoms with E-state index in [4.69, 9.17) is 0 Å². The molecule has 1 aliphatic rings. The first kappa shape index (κ1) is 20.4. The summed E-state index contributed by atoms with van der Waals surface area (Å²) in [5.41, 5.74) is 4.66. The van der Waals surface area contributed by atoms with Crippen molar-refractivity contribution in [1.29, 1.82) is 0 Å². The molecule has 1 aromatic carbocycles. The Morgan fingerprint density at radius 1 is 1.16 bits per heavy atom. The molecule has 2 amide bonds. The summed E-state index contributed by atoms with van der Waals surface area (Å²) in [6.07, 6.45) is 9.22. The molecule has 3 heterocycles. The van der Waals surface area contributed by atoms with E-state index in [0.29, 0.717) is 18.7 Å². The molecule has 0 saturated heterocycles. The van der Waals surface area contributed by atoms with Crippen molar-refractivity contribution in [2.75, 3.05) is 0 Å². The average molecular weight is 430 g/mol. The Bertz CT molecular complexity index is 1230. The molecule has 0 radical (unpaired) electrons. The predicted octanol–water partition coefficient (Wildman–Crippen LogP) is 4.03. The van der Waals surface area contributed by atoms with E-state index in [1.165, 1.54) is 19.3 Å². The van der Waals surface area contributed by atoms with Crippen LogP contribution in [0.2, 0.25) is 0 Å². The summed E-state index contributed by atoms with van der Waals surface area (Å²) < 4.78 is 1.78. The molecule has 0 aliphatic heterocycles. The maximum Gasteiger partial charge on any atom is 0.318 e. The van der Waals surface area contributed by atoms with E-state index in [9.17, 15) is 4.79 Å². The molecule has 1 saturated carbocycles. The van der Waals surface area contributed by atoms with E-state index in [0.717, 1.165) is 40.4 Å². The number of fused-ring (bicyclic) bond motifs is 3. The van der Waals surface area contributed by atoms with Crippen LogP contribution in [0.4, 0.5) is 4.79 Å². The van der Waals surface area contributed by atoms with Crippen LogP contribution in [0.5, 0.6) is 0 Å². The van der Waals surface area contributed by atoms with Gasteiger partial charge in [-0.05, 0) is 53.5 Å². The van der Waals surface area contributed by atoms with Crippen LogP contribution >= 0.6 is 0 Å². The highest BCUT2D eigenvalue weighted by Crippen LogP contribution is 2.24. The molecular weight excluding hydrogens is 402 g/mol. The van der Waals surface area contributed by atoms with Crippen molar-refractivity contribution in [3.8, 4) is 0 Å². The molecule has 0 spiro atoms. The molecule has 0 unspecified atom stereocenters. The summed E-state index contributed by atoms with van der Waals surface area (Å²) in [6, 6.07) is 12.3. The van der Waals surface area contributed by atoms with Crippen molar-refractivity contribution in [2.45, 2.75) is 58.2 Å². The summed E-state index contributed by atoms with van der Waals surface area (Å²) in [6.45, 7) is 2.92. The molecule has 0 bridgehead atoms. The topological polar surface area (TPSA) is 88.3 Å². The Hall–Kier alpha value is -3.55. The number of urea groups is 1. The highest BCUT2D eigenvalue weighted by molar-refractivity contribution is 5.86. The van der Waals surface area contributed by atoms with Crippen molar-refractivity contribution in [3.63, 3.8) is 0 Å². The minimum atomic E-state index is -0.0595. The van der Waals surface area contributed by atoms with Gasteiger partial charge in [-0.25, -0.2) is 4.79 Å². The summed E-state index contributed by atoms with van der Waals surface area (Å²) >= 11 is 0.